The largest absolute Gasteiger partial charge is 0.322 e. The maximum Gasteiger partial charge on any atom is 0.255 e. The molecule has 0 bridgehead atoms. The van der Waals surface area contributed by atoms with Gasteiger partial charge in [-0.25, -0.2) is 8.42 Å². The van der Waals surface area contributed by atoms with E-state index in [1.165, 1.54) is 12.1 Å². The van der Waals surface area contributed by atoms with E-state index in [1.54, 1.807) is 23.9 Å². The quantitative estimate of drug-likeness (QED) is 0.562. The van der Waals surface area contributed by atoms with Crippen LogP contribution in [0.4, 0.5) is 5.69 Å². The highest BCUT2D eigenvalue weighted by molar-refractivity contribution is 9.10. The second kappa shape index (κ2) is 8.29. The number of carbonyl (C=O) groups is 1. The monoisotopic (exact) mass is 461 g/mol. The van der Waals surface area contributed by atoms with Gasteiger partial charge in [0.15, 0.2) is 9.84 Å². The summed E-state index contributed by atoms with van der Waals surface area (Å²) in [6, 6.07) is 21.5. The average molecular weight is 462 g/mol. The fourth-order valence-electron chi connectivity index (χ4n) is 2.32. The number of halogens is 1. The van der Waals surface area contributed by atoms with Crippen molar-refractivity contribution in [2.45, 2.75) is 14.7 Å². The van der Waals surface area contributed by atoms with Crippen LogP contribution in [0.3, 0.4) is 0 Å². The van der Waals surface area contributed by atoms with Crippen LogP contribution in [0.2, 0.25) is 0 Å². The van der Waals surface area contributed by atoms with Gasteiger partial charge < -0.3 is 5.32 Å². The molecule has 3 rings (SSSR count). The molecule has 0 atom stereocenters. The summed E-state index contributed by atoms with van der Waals surface area (Å²) >= 11 is 5.04. The zero-order chi connectivity index (χ0) is 19.4. The summed E-state index contributed by atoms with van der Waals surface area (Å²) in [7, 11) is -3.36. The van der Waals surface area contributed by atoms with Gasteiger partial charge in [0.25, 0.3) is 5.91 Å². The van der Waals surface area contributed by atoms with Gasteiger partial charge in [-0.1, -0.05) is 33.8 Å². The Hall–Kier alpha value is -2.09. The summed E-state index contributed by atoms with van der Waals surface area (Å²) < 4.78 is 24.3. The maximum atomic E-state index is 12.4. The summed E-state index contributed by atoms with van der Waals surface area (Å²) in [6.07, 6.45) is 1.12. The van der Waals surface area contributed by atoms with E-state index in [0.29, 0.717) is 11.3 Å². The highest BCUT2D eigenvalue weighted by atomic mass is 79.9. The van der Waals surface area contributed by atoms with Crippen molar-refractivity contribution in [2.75, 3.05) is 11.6 Å². The maximum absolute atomic E-state index is 12.4. The minimum absolute atomic E-state index is 0.122. The van der Waals surface area contributed by atoms with Crippen LogP contribution in [0.25, 0.3) is 0 Å². The first-order valence-electron chi connectivity index (χ1n) is 7.96. The molecule has 0 unspecified atom stereocenters. The Morgan fingerprint density at radius 3 is 2.11 bits per heavy atom. The van der Waals surface area contributed by atoms with Crippen LogP contribution in [-0.2, 0) is 9.84 Å². The molecule has 0 saturated heterocycles. The molecule has 3 aromatic carbocycles. The van der Waals surface area contributed by atoms with E-state index < -0.39 is 9.84 Å². The lowest BCUT2D eigenvalue weighted by Gasteiger charge is -2.08. The molecule has 0 aliphatic rings. The number of hydrogen-bond acceptors (Lipinski definition) is 4. The number of nitrogens with one attached hydrogen (secondary N) is 1. The topological polar surface area (TPSA) is 63.2 Å². The average Bonchev–Trinajstić information content (AvgIpc) is 2.64. The first-order valence-corrected chi connectivity index (χ1v) is 11.5. The molecule has 0 spiro atoms. The van der Waals surface area contributed by atoms with E-state index in [1.807, 2.05) is 48.5 Å². The predicted molar refractivity (Wildman–Crippen MR) is 112 cm³/mol. The van der Waals surface area contributed by atoms with Crippen molar-refractivity contribution in [3.8, 4) is 0 Å². The number of carbonyl (C=O) groups excluding carboxylic acids is 1. The Labute approximate surface area is 171 Å². The third-order valence-corrected chi connectivity index (χ3v) is 6.34. The zero-order valence-corrected chi connectivity index (χ0v) is 17.6. The second-order valence-electron chi connectivity index (χ2n) is 5.83. The predicted octanol–water partition coefficient (Wildman–Crippen LogP) is 5.26. The van der Waals surface area contributed by atoms with Crippen LogP contribution >= 0.6 is 27.7 Å². The van der Waals surface area contributed by atoms with Crippen molar-refractivity contribution in [3.63, 3.8) is 0 Å². The van der Waals surface area contributed by atoms with Gasteiger partial charge in [-0.3, -0.25) is 4.79 Å². The molecule has 3 aromatic rings. The van der Waals surface area contributed by atoms with E-state index in [4.69, 9.17) is 0 Å². The summed E-state index contributed by atoms with van der Waals surface area (Å²) in [5.74, 6) is -0.353. The fraction of sp³-hybridized carbons (Fsp3) is 0.0500. The first-order chi connectivity index (χ1) is 12.8. The van der Waals surface area contributed by atoms with Gasteiger partial charge >= 0.3 is 0 Å². The lowest BCUT2D eigenvalue weighted by Crippen LogP contribution is -2.12. The molecule has 27 heavy (non-hydrogen) atoms. The minimum Gasteiger partial charge on any atom is -0.322 e. The van der Waals surface area contributed by atoms with Crippen LogP contribution in [0.1, 0.15) is 10.4 Å². The van der Waals surface area contributed by atoms with Crippen molar-refractivity contribution >= 4 is 49.1 Å². The van der Waals surface area contributed by atoms with Gasteiger partial charge in [0.05, 0.1) is 4.90 Å². The van der Waals surface area contributed by atoms with E-state index >= 15 is 0 Å². The first kappa shape index (κ1) is 19.7. The van der Waals surface area contributed by atoms with Crippen LogP contribution in [0.5, 0.6) is 0 Å². The number of amides is 1. The highest BCUT2D eigenvalue weighted by Gasteiger charge is 2.12. The fourth-order valence-corrected chi connectivity index (χ4v) is 4.06. The Bertz CT molecular complexity index is 1060. The molecule has 1 N–H and O–H groups in total. The molecule has 0 aliphatic heterocycles. The Morgan fingerprint density at radius 1 is 0.926 bits per heavy atom. The van der Waals surface area contributed by atoms with E-state index in [-0.39, 0.29) is 10.8 Å². The van der Waals surface area contributed by atoms with Gasteiger partial charge in [0, 0.05) is 31.8 Å². The van der Waals surface area contributed by atoms with Crippen molar-refractivity contribution < 1.29 is 13.2 Å². The van der Waals surface area contributed by atoms with E-state index in [2.05, 4.69) is 21.2 Å². The summed E-state index contributed by atoms with van der Waals surface area (Å²) in [5.41, 5.74) is 0.941. The SMILES string of the molecule is CS(=O)(=O)c1cccc(C(=O)Nc2ccc(Sc3ccc(Br)cc3)cc2)c1. The molecule has 0 heterocycles. The Morgan fingerprint density at radius 2 is 1.52 bits per heavy atom. The standard InChI is InChI=1S/C20H16BrNO3S2/c1-27(24,25)19-4-2-3-14(13-19)20(23)22-16-7-11-18(12-8-16)26-17-9-5-15(21)6-10-17/h2-13H,1H3,(H,22,23). The van der Waals surface area contributed by atoms with Crippen LogP contribution in [0.15, 0.2) is 92.0 Å². The van der Waals surface area contributed by atoms with Gasteiger partial charge in [0.1, 0.15) is 0 Å². The number of sulfone groups is 1. The van der Waals surface area contributed by atoms with E-state index in [0.717, 1.165) is 20.5 Å². The number of anilines is 1. The highest BCUT2D eigenvalue weighted by Crippen LogP contribution is 2.29. The molecule has 4 nitrogen and oxygen atoms in total. The lowest BCUT2D eigenvalue weighted by molar-refractivity contribution is 0.102. The van der Waals surface area contributed by atoms with Crippen LogP contribution in [-0.4, -0.2) is 20.6 Å². The van der Waals surface area contributed by atoms with Gasteiger partial charge in [-0.05, 0) is 66.7 Å². The third kappa shape index (κ3) is 5.45. The smallest absolute Gasteiger partial charge is 0.255 e. The van der Waals surface area contributed by atoms with Crippen molar-refractivity contribution in [2.24, 2.45) is 0 Å². The normalized spacial score (nSPS) is 11.2. The third-order valence-electron chi connectivity index (χ3n) is 3.69. The summed E-state index contributed by atoms with van der Waals surface area (Å²) in [4.78, 5) is 14.7. The van der Waals surface area contributed by atoms with Crippen molar-refractivity contribution in [1.29, 1.82) is 0 Å². The second-order valence-corrected chi connectivity index (χ2v) is 9.91. The van der Waals surface area contributed by atoms with Gasteiger partial charge in [0.2, 0.25) is 0 Å². The van der Waals surface area contributed by atoms with Crippen LogP contribution in [0, 0.1) is 0 Å². The van der Waals surface area contributed by atoms with Crippen molar-refractivity contribution in [1.82, 2.24) is 0 Å². The van der Waals surface area contributed by atoms with Crippen LogP contribution < -0.4 is 5.32 Å². The molecular formula is C20H16BrNO3S2. The molecular weight excluding hydrogens is 446 g/mol. The molecule has 0 saturated carbocycles. The van der Waals surface area contributed by atoms with E-state index in [9.17, 15) is 13.2 Å². The number of rotatable bonds is 5. The van der Waals surface area contributed by atoms with Gasteiger partial charge in [-0.2, -0.15) is 0 Å². The molecule has 0 aliphatic carbocycles. The number of hydrogen-bond donors (Lipinski definition) is 1. The number of benzene rings is 3. The summed E-state index contributed by atoms with van der Waals surface area (Å²) in [6.45, 7) is 0. The summed E-state index contributed by atoms with van der Waals surface area (Å²) in [5, 5.41) is 2.79. The zero-order valence-electron chi connectivity index (χ0n) is 14.3. The molecule has 138 valence electrons. The molecule has 0 fully saturated rings. The Balaban J connectivity index is 1.69. The van der Waals surface area contributed by atoms with Gasteiger partial charge in [-0.15, -0.1) is 0 Å². The molecule has 1 amide bonds. The lowest BCUT2D eigenvalue weighted by atomic mass is 10.2. The molecule has 7 heteroatoms. The molecule has 0 radical (unpaired) electrons. The Kier molecular flexibility index (Phi) is 6.04. The van der Waals surface area contributed by atoms with Crippen molar-refractivity contribution in [3.05, 3.63) is 82.8 Å². The minimum atomic E-state index is -3.36. The molecule has 0 aromatic heterocycles.